The van der Waals surface area contributed by atoms with Crippen molar-refractivity contribution >= 4 is 5.91 Å². The van der Waals surface area contributed by atoms with Crippen LogP contribution in [0.4, 0.5) is 0 Å². The van der Waals surface area contributed by atoms with E-state index >= 15 is 0 Å². The number of nitrogens with one attached hydrogen (secondary N) is 2. The second-order valence-corrected chi connectivity index (χ2v) is 4.01. The lowest BCUT2D eigenvalue weighted by Crippen LogP contribution is -2.54. The van der Waals surface area contributed by atoms with Crippen LogP contribution in [-0.2, 0) is 4.79 Å². The van der Waals surface area contributed by atoms with Gasteiger partial charge in [0, 0.05) is 25.0 Å². The first-order valence-electron chi connectivity index (χ1n) is 4.74. The number of nitrogens with zero attached hydrogens (tertiary/aromatic N) is 1. The molecule has 0 aromatic carbocycles. The van der Waals surface area contributed by atoms with Crippen molar-refractivity contribution in [3.8, 4) is 0 Å². The molecule has 1 heterocycles. The third-order valence-corrected chi connectivity index (χ3v) is 2.37. The van der Waals surface area contributed by atoms with Crippen LogP contribution in [0.1, 0.15) is 6.92 Å². The average Bonchev–Trinajstić information content (AvgIpc) is 1.78. The zero-order valence-corrected chi connectivity index (χ0v) is 8.63. The van der Waals surface area contributed by atoms with Crippen LogP contribution in [0.15, 0.2) is 0 Å². The molecule has 1 saturated heterocycles. The first kappa shape index (κ1) is 10.5. The van der Waals surface area contributed by atoms with E-state index in [-0.39, 0.29) is 5.91 Å². The van der Waals surface area contributed by atoms with E-state index in [2.05, 4.69) is 17.6 Å². The smallest absolute Gasteiger partial charge is 0.234 e. The summed E-state index contributed by atoms with van der Waals surface area (Å²) >= 11 is 0. The standard InChI is InChI=1S/C9H19N3O/c1-7(8-4-10-5-8)11-9(13)6-12(2)3/h7-8,10H,4-6H2,1-3H3,(H,11,13). The van der Waals surface area contributed by atoms with E-state index in [4.69, 9.17) is 0 Å². The lowest BCUT2D eigenvalue weighted by atomic mass is 9.95. The Morgan fingerprint density at radius 3 is 2.62 bits per heavy atom. The lowest BCUT2D eigenvalue weighted by molar-refractivity contribution is -0.122. The van der Waals surface area contributed by atoms with Crippen molar-refractivity contribution in [3.05, 3.63) is 0 Å². The number of likely N-dealkylation sites (N-methyl/N-ethyl adjacent to an activating group) is 1. The van der Waals surface area contributed by atoms with Gasteiger partial charge in [-0.1, -0.05) is 0 Å². The number of carbonyl (C=O) groups is 1. The van der Waals surface area contributed by atoms with Gasteiger partial charge in [0.1, 0.15) is 0 Å². The molecule has 76 valence electrons. The normalized spacial score (nSPS) is 19.7. The zero-order chi connectivity index (χ0) is 9.84. The molecule has 4 nitrogen and oxygen atoms in total. The second-order valence-electron chi connectivity index (χ2n) is 4.01. The van der Waals surface area contributed by atoms with Crippen LogP contribution < -0.4 is 10.6 Å². The fraction of sp³-hybridized carbons (Fsp3) is 0.889. The largest absolute Gasteiger partial charge is 0.352 e. The molecule has 4 heteroatoms. The molecule has 1 rings (SSSR count). The van der Waals surface area contributed by atoms with Crippen molar-refractivity contribution in [3.63, 3.8) is 0 Å². The SMILES string of the molecule is CC(NC(=O)CN(C)C)C1CNC1. The van der Waals surface area contributed by atoms with Gasteiger partial charge in [0.2, 0.25) is 5.91 Å². The summed E-state index contributed by atoms with van der Waals surface area (Å²) in [7, 11) is 3.80. The van der Waals surface area contributed by atoms with E-state index in [0.717, 1.165) is 13.1 Å². The van der Waals surface area contributed by atoms with Gasteiger partial charge in [-0.2, -0.15) is 0 Å². The highest BCUT2D eigenvalue weighted by atomic mass is 16.2. The van der Waals surface area contributed by atoms with Crippen molar-refractivity contribution in [2.24, 2.45) is 5.92 Å². The van der Waals surface area contributed by atoms with E-state index in [9.17, 15) is 4.79 Å². The van der Waals surface area contributed by atoms with E-state index in [1.54, 1.807) is 0 Å². The van der Waals surface area contributed by atoms with Gasteiger partial charge in [-0.25, -0.2) is 0 Å². The van der Waals surface area contributed by atoms with Crippen LogP contribution >= 0.6 is 0 Å². The summed E-state index contributed by atoms with van der Waals surface area (Å²) in [6, 6.07) is 0.300. The fourth-order valence-corrected chi connectivity index (χ4v) is 1.37. The van der Waals surface area contributed by atoms with Crippen LogP contribution in [0, 0.1) is 5.92 Å². The van der Waals surface area contributed by atoms with Crippen LogP contribution in [0.5, 0.6) is 0 Å². The van der Waals surface area contributed by atoms with Gasteiger partial charge < -0.3 is 15.5 Å². The molecular formula is C9H19N3O. The van der Waals surface area contributed by atoms with Crippen molar-refractivity contribution in [1.29, 1.82) is 0 Å². The quantitative estimate of drug-likeness (QED) is 0.607. The first-order chi connectivity index (χ1) is 6.09. The number of hydrogen-bond acceptors (Lipinski definition) is 3. The van der Waals surface area contributed by atoms with Crippen LogP contribution in [-0.4, -0.2) is 50.6 Å². The van der Waals surface area contributed by atoms with Gasteiger partial charge in [-0.3, -0.25) is 4.79 Å². The molecule has 1 fully saturated rings. The van der Waals surface area contributed by atoms with Gasteiger partial charge in [0.15, 0.2) is 0 Å². The third-order valence-electron chi connectivity index (χ3n) is 2.37. The van der Waals surface area contributed by atoms with E-state index in [1.807, 2.05) is 19.0 Å². The number of amides is 1. The number of carbonyl (C=O) groups excluding carboxylic acids is 1. The molecular weight excluding hydrogens is 166 g/mol. The van der Waals surface area contributed by atoms with Gasteiger partial charge in [-0.15, -0.1) is 0 Å². The summed E-state index contributed by atoms with van der Waals surface area (Å²) < 4.78 is 0. The predicted octanol–water partition coefficient (Wildman–Crippen LogP) is -0.728. The van der Waals surface area contributed by atoms with Crippen molar-refractivity contribution in [2.75, 3.05) is 33.7 Å². The Labute approximate surface area is 79.7 Å². The first-order valence-corrected chi connectivity index (χ1v) is 4.74. The van der Waals surface area contributed by atoms with Gasteiger partial charge in [0.25, 0.3) is 0 Å². The Bertz CT molecular complexity index is 178. The molecule has 0 aromatic heterocycles. The molecule has 1 atom stereocenters. The number of hydrogen-bond donors (Lipinski definition) is 2. The highest BCUT2D eigenvalue weighted by molar-refractivity contribution is 5.78. The summed E-state index contributed by atoms with van der Waals surface area (Å²) in [6.07, 6.45) is 0. The summed E-state index contributed by atoms with van der Waals surface area (Å²) in [5.41, 5.74) is 0. The van der Waals surface area contributed by atoms with E-state index in [0.29, 0.717) is 18.5 Å². The zero-order valence-electron chi connectivity index (χ0n) is 8.63. The lowest BCUT2D eigenvalue weighted by Gasteiger charge is -2.33. The molecule has 0 aliphatic carbocycles. The van der Waals surface area contributed by atoms with Crippen molar-refractivity contribution < 1.29 is 4.79 Å². The Hall–Kier alpha value is -0.610. The molecule has 1 amide bonds. The van der Waals surface area contributed by atoms with Crippen molar-refractivity contribution in [2.45, 2.75) is 13.0 Å². The Balaban J connectivity index is 2.18. The monoisotopic (exact) mass is 185 g/mol. The third kappa shape index (κ3) is 3.32. The average molecular weight is 185 g/mol. The molecule has 1 unspecified atom stereocenters. The fourth-order valence-electron chi connectivity index (χ4n) is 1.37. The summed E-state index contributed by atoms with van der Waals surface area (Å²) in [4.78, 5) is 13.2. The summed E-state index contributed by atoms with van der Waals surface area (Å²) in [5, 5.41) is 6.19. The summed E-state index contributed by atoms with van der Waals surface area (Å²) in [5.74, 6) is 0.732. The number of rotatable bonds is 4. The molecule has 2 N–H and O–H groups in total. The maximum Gasteiger partial charge on any atom is 0.234 e. The molecule has 0 spiro atoms. The Kier molecular flexibility index (Phi) is 3.69. The molecule has 1 aliphatic rings. The van der Waals surface area contributed by atoms with Crippen LogP contribution in [0.25, 0.3) is 0 Å². The topological polar surface area (TPSA) is 44.4 Å². The Morgan fingerprint density at radius 1 is 1.62 bits per heavy atom. The molecule has 13 heavy (non-hydrogen) atoms. The van der Waals surface area contributed by atoms with Gasteiger partial charge in [-0.05, 0) is 21.0 Å². The predicted molar refractivity (Wildman–Crippen MR) is 52.5 cm³/mol. The maximum atomic E-state index is 11.3. The molecule has 0 aromatic rings. The second kappa shape index (κ2) is 4.58. The Morgan fingerprint density at radius 2 is 2.23 bits per heavy atom. The molecule has 0 radical (unpaired) electrons. The van der Waals surface area contributed by atoms with Gasteiger partial charge in [0.05, 0.1) is 6.54 Å². The summed E-state index contributed by atoms with van der Waals surface area (Å²) in [6.45, 7) is 4.61. The van der Waals surface area contributed by atoms with Crippen molar-refractivity contribution in [1.82, 2.24) is 15.5 Å². The minimum Gasteiger partial charge on any atom is -0.352 e. The maximum absolute atomic E-state index is 11.3. The highest BCUT2D eigenvalue weighted by Crippen LogP contribution is 2.07. The highest BCUT2D eigenvalue weighted by Gasteiger charge is 2.24. The minimum atomic E-state index is 0.115. The van der Waals surface area contributed by atoms with Gasteiger partial charge >= 0.3 is 0 Å². The molecule has 0 bridgehead atoms. The molecule has 0 saturated carbocycles. The van der Waals surface area contributed by atoms with Crippen LogP contribution in [0.3, 0.4) is 0 Å². The minimum absolute atomic E-state index is 0.115. The van der Waals surface area contributed by atoms with E-state index < -0.39 is 0 Å². The molecule has 1 aliphatic heterocycles. The van der Waals surface area contributed by atoms with Crippen LogP contribution in [0.2, 0.25) is 0 Å². The van der Waals surface area contributed by atoms with E-state index in [1.165, 1.54) is 0 Å².